The van der Waals surface area contributed by atoms with Gasteiger partial charge < -0.3 is 15.1 Å². The summed E-state index contributed by atoms with van der Waals surface area (Å²) in [6.07, 6.45) is 0. The molecule has 6 heteroatoms. The van der Waals surface area contributed by atoms with Crippen molar-refractivity contribution in [3.8, 4) is 0 Å². The summed E-state index contributed by atoms with van der Waals surface area (Å²) in [5.41, 5.74) is 0.712. The van der Waals surface area contributed by atoms with E-state index in [0.717, 1.165) is 0 Å². The van der Waals surface area contributed by atoms with Crippen LogP contribution in [-0.2, 0) is 0 Å². The van der Waals surface area contributed by atoms with Gasteiger partial charge in [0.05, 0.1) is 18.7 Å². The van der Waals surface area contributed by atoms with Crippen LogP contribution in [0.4, 0.5) is 10.5 Å². The minimum atomic E-state index is -1.02. The summed E-state index contributed by atoms with van der Waals surface area (Å²) in [6.45, 7) is 3.77. The number of carboxylic acids is 1. The molecule has 2 N–H and O–H groups in total. The van der Waals surface area contributed by atoms with Crippen LogP contribution in [0, 0.1) is 0 Å². The quantitative estimate of drug-likeness (QED) is 0.859. The summed E-state index contributed by atoms with van der Waals surface area (Å²) in [4.78, 5) is 26.1. The van der Waals surface area contributed by atoms with Gasteiger partial charge in [0.2, 0.25) is 0 Å². The zero-order chi connectivity index (χ0) is 15.3. The molecule has 1 aromatic rings. The first-order valence-corrected chi connectivity index (χ1v) is 6.37. The van der Waals surface area contributed by atoms with Gasteiger partial charge in [0, 0.05) is 18.8 Å². The zero-order valence-electron chi connectivity index (χ0n) is 11.9. The molecule has 0 saturated heterocycles. The van der Waals surface area contributed by atoms with E-state index in [1.165, 1.54) is 17.0 Å². The molecule has 0 atom stereocenters. The molecule has 0 radical (unpaired) electrons. The summed E-state index contributed by atoms with van der Waals surface area (Å²) in [5, 5.41) is 18.0. The van der Waals surface area contributed by atoms with Gasteiger partial charge in [0.25, 0.3) is 0 Å². The van der Waals surface area contributed by atoms with Gasteiger partial charge in [-0.15, -0.1) is 0 Å². The van der Waals surface area contributed by atoms with Crippen LogP contribution in [0.3, 0.4) is 0 Å². The number of anilines is 1. The first-order chi connectivity index (χ1) is 9.38. The van der Waals surface area contributed by atoms with E-state index < -0.39 is 5.97 Å². The van der Waals surface area contributed by atoms with Crippen LogP contribution < -0.4 is 4.90 Å². The van der Waals surface area contributed by atoms with Gasteiger partial charge in [-0.25, -0.2) is 9.59 Å². The lowest BCUT2D eigenvalue weighted by atomic mass is 10.2. The number of hydrogen-bond donors (Lipinski definition) is 2. The Morgan fingerprint density at radius 1 is 1.20 bits per heavy atom. The summed E-state index contributed by atoms with van der Waals surface area (Å²) < 4.78 is 0. The highest BCUT2D eigenvalue weighted by Crippen LogP contribution is 2.17. The summed E-state index contributed by atoms with van der Waals surface area (Å²) >= 11 is 0. The van der Waals surface area contributed by atoms with Gasteiger partial charge >= 0.3 is 12.0 Å². The molecule has 0 spiro atoms. The van der Waals surface area contributed by atoms with Crippen LogP contribution in [0.15, 0.2) is 24.3 Å². The van der Waals surface area contributed by atoms with E-state index in [9.17, 15) is 9.59 Å². The normalized spacial score (nSPS) is 10.4. The second-order valence-corrected chi connectivity index (χ2v) is 4.71. The molecule has 1 rings (SSSR count). The van der Waals surface area contributed by atoms with Crippen LogP contribution in [0.5, 0.6) is 0 Å². The molecule has 0 saturated carbocycles. The highest BCUT2D eigenvalue weighted by atomic mass is 16.4. The highest BCUT2D eigenvalue weighted by Gasteiger charge is 2.21. The molecule has 0 bridgehead atoms. The zero-order valence-corrected chi connectivity index (χ0v) is 11.9. The number of aliphatic hydroxyl groups is 1. The lowest BCUT2D eigenvalue weighted by molar-refractivity contribution is 0.0697. The second kappa shape index (κ2) is 6.91. The van der Waals surface area contributed by atoms with Crippen molar-refractivity contribution in [3.63, 3.8) is 0 Å². The molecule has 110 valence electrons. The van der Waals surface area contributed by atoms with Crippen molar-refractivity contribution in [1.29, 1.82) is 0 Å². The Hall–Kier alpha value is -2.08. The minimum Gasteiger partial charge on any atom is -0.478 e. The number of rotatable bonds is 5. The van der Waals surface area contributed by atoms with Gasteiger partial charge in [-0.3, -0.25) is 4.90 Å². The molecule has 0 aromatic heterocycles. The van der Waals surface area contributed by atoms with E-state index in [4.69, 9.17) is 10.2 Å². The molecule has 6 nitrogen and oxygen atoms in total. The first-order valence-electron chi connectivity index (χ1n) is 6.37. The van der Waals surface area contributed by atoms with Crippen LogP contribution in [0.2, 0.25) is 0 Å². The molecule has 2 amide bonds. The molecule has 0 aliphatic rings. The number of amides is 2. The lowest BCUT2D eigenvalue weighted by Gasteiger charge is -2.30. The average molecular weight is 280 g/mol. The highest BCUT2D eigenvalue weighted by molar-refractivity contribution is 5.93. The molecular weight excluding hydrogens is 260 g/mol. The Labute approximate surface area is 118 Å². The number of benzene rings is 1. The first kappa shape index (κ1) is 16.0. The van der Waals surface area contributed by atoms with Crippen LogP contribution in [-0.4, -0.2) is 53.4 Å². The predicted octanol–water partition coefficient (Wildman–Crippen LogP) is 1.64. The fraction of sp³-hybridized carbons (Fsp3) is 0.429. The topological polar surface area (TPSA) is 81.1 Å². The predicted molar refractivity (Wildman–Crippen MR) is 76.1 cm³/mol. The van der Waals surface area contributed by atoms with Crippen molar-refractivity contribution < 1.29 is 19.8 Å². The third-order valence-corrected chi connectivity index (χ3v) is 3.06. The second-order valence-electron chi connectivity index (χ2n) is 4.71. The van der Waals surface area contributed by atoms with Gasteiger partial charge in [-0.2, -0.15) is 0 Å². The van der Waals surface area contributed by atoms with Crippen molar-refractivity contribution in [2.75, 3.05) is 25.1 Å². The van der Waals surface area contributed by atoms with Gasteiger partial charge in [0.15, 0.2) is 0 Å². The van der Waals surface area contributed by atoms with E-state index in [1.807, 2.05) is 13.8 Å². The monoisotopic (exact) mass is 280 g/mol. The molecule has 0 heterocycles. The smallest absolute Gasteiger partial charge is 0.335 e. The van der Waals surface area contributed by atoms with Crippen molar-refractivity contribution in [2.24, 2.45) is 0 Å². The van der Waals surface area contributed by atoms with Crippen LogP contribution >= 0.6 is 0 Å². The summed E-state index contributed by atoms with van der Waals surface area (Å²) in [7, 11) is 1.68. The van der Waals surface area contributed by atoms with Crippen molar-refractivity contribution >= 4 is 17.7 Å². The fourth-order valence-corrected chi connectivity index (χ4v) is 1.63. The number of urea groups is 1. The Morgan fingerprint density at radius 3 is 2.15 bits per heavy atom. The molecule has 0 aliphatic carbocycles. The van der Waals surface area contributed by atoms with Crippen molar-refractivity contribution in [3.05, 3.63) is 29.8 Å². The number of hydrogen-bond acceptors (Lipinski definition) is 3. The van der Waals surface area contributed by atoms with Crippen LogP contribution in [0.25, 0.3) is 0 Å². The Morgan fingerprint density at radius 2 is 1.75 bits per heavy atom. The molecule has 0 unspecified atom stereocenters. The number of aromatic carboxylic acids is 1. The Balaban J connectivity index is 3.01. The number of carboxylic acid groups (broad SMARTS) is 1. The SMILES string of the molecule is CC(C)N(C)C(=O)N(CCO)c1ccc(C(=O)O)cc1. The Bertz CT molecular complexity index is 471. The third-order valence-electron chi connectivity index (χ3n) is 3.06. The maximum atomic E-state index is 12.3. The summed E-state index contributed by atoms with van der Waals surface area (Å²) in [5.74, 6) is -1.02. The van der Waals surface area contributed by atoms with E-state index >= 15 is 0 Å². The van der Waals surface area contributed by atoms with E-state index in [0.29, 0.717) is 5.69 Å². The fourth-order valence-electron chi connectivity index (χ4n) is 1.63. The van der Waals surface area contributed by atoms with Crippen LogP contribution in [0.1, 0.15) is 24.2 Å². The number of carbonyl (C=O) groups excluding carboxylic acids is 1. The maximum absolute atomic E-state index is 12.3. The van der Waals surface area contributed by atoms with E-state index in [1.54, 1.807) is 24.1 Å². The average Bonchev–Trinajstić information content (AvgIpc) is 2.43. The third kappa shape index (κ3) is 3.71. The van der Waals surface area contributed by atoms with Gasteiger partial charge in [-0.1, -0.05) is 0 Å². The van der Waals surface area contributed by atoms with Gasteiger partial charge in [-0.05, 0) is 38.1 Å². The minimum absolute atomic E-state index is 0.0296. The number of nitrogens with zero attached hydrogens (tertiary/aromatic N) is 2. The van der Waals surface area contributed by atoms with Gasteiger partial charge in [0.1, 0.15) is 0 Å². The summed E-state index contributed by atoms with van der Waals surface area (Å²) in [6, 6.07) is 5.78. The molecule has 20 heavy (non-hydrogen) atoms. The van der Waals surface area contributed by atoms with E-state index in [-0.39, 0.29) is 30.8 Å². The van der Waals surface area contributed by atoms with Crippen molar-refractivity contribution in [1.82, 2.24) is 4.90 Å². The Kier molecular flexibility index (Phi) is 5.52. The number of carbonyl (C=O) groups is 2. The lowest BCUT2D eigenvalue weighted by Crippen LogP contribution is -2.45. The molecule has 0 aliphatic heterocycles. The molecular formula is C14H20N2O4. The maximum Gasteiger partial charge on any atom is 0.335 e. The van der Waals surface area contributed by atoms with Crippen molar-refractivity contribution in [2.45, 2.75) is 19.9 Å². The molecule has 1 aromatic carbocycles. The number of aliphatic hydroxyl groups excluding tert-OH is 1. The molecule has 0 fully saturated rings. The van der Waals surface area contributed by atoms with E-state index in [2.05, 4.69) is 0 Å². The standard InChI is InChI=1S/C14H20N2O4/c1-10(2)15(3)14(20)16(8-9-17)12-6-4-11(5-7-12)13(18)19/h4-7,10,17H,8-9H2,1-3H3,(H,18,19). The largest absolute Gasteiger partial charge is 0.478 e.